The van der Waals surface area contributed by atoms with E-state index in [0.717, 1.165) is 0 Å². The standard InChI is InChI=1S/C10H7N5O3/c16-5-2-1-3-6(17)7(5)10-13-9(15-18-10)8-11-4-12-14-8/h1-4,16-17H,(H,11,12,14). The van der Waals surface area contributed by atoms with Crippen LogP contribution < -0.4 is 0 Å². The van der Waals surface area contributed by atoms with E-state index in [-0.39, 0.29) is 28.8 Å². The number of nitrogens with zero attached hydrogens (tertiary/aromatic N) is 4. The fourth-order valence-corrected chi connectivity index (χ4v) is 1.48. The Balaban J connectivity index is 2.09. The van der Waals surface area contributed by atoms with Crippen molar-refractivity contribution in [2.45, 2.75) is 0 Å². The Morgan fingerprint density at radius 3 is 2.61 bits per heavy atom. The van der Waals surface area contributed by atoms with E-state index in [4.69, 9.17) is 4.52 Å². The van der Waals surface area contributed by atoms with E-state index >= 15 is 0 Å². The van der Waals surface area contributed by atoms with Crippen LogP contribution in [-0.4, -0.2) is 35.5 Å². The highest BCUT2D eigenvalue weighted by atomic mass is 16.5. The molecule has 3 aromatic rings. The predicted molar refractivity (Wildman–Crippen MR) is 58.4 cm³/mol. The van der Waals surface area contributed by atoms with Gasteiger partial charge in [0, 0.05) is 0 Å². The lowest BCUT2D eigenvalue weighted by molar-refractivity contribution is 0.415. The molecule has 0 unspecified atom stereocenters. The van der Waals surface area contributed by atoms with Crippen LogP contribution in [0.1, 0.15) is 0 Å². The molecule has 3 rings (SSSR count). The molecule has 0 bridgehead atoms. The number of aromatic nitrogens is 5. The minimum Gasteiger partial charge on any atom is -0.507 e. The Kier molecular flexibility index (Phi) is 2.19. The minimum absolute atomic E-state index is 0.00278. The summed E-state index contributed by atoms with van der Waals surface area (Å²) in [5, 5.41) is 29.2. The molecule has 0 saturated carbocycles. The molecule has 0 radical (unpaired) electrons. The topological polar surface area (TPSA) is 121 Å². The number of phenolic OH excluding ortho intramolecular Hbond substituents is 2. The highest BCUT2D eigenvalue weighted by molar-refractivity contribution is 5.70. The first kappa shape index (κ1) is 10.3. The third-order valence-corrected chi connectivity index (χ3v) is 2.29. The molecule has 0 spiro atoms. The fourth-order valence-electron chi connectivity index (χ4n) is 1.48. The van der Waals surface area contributed by atoms with E-state index in [9.17, 15) is 10.2 Å². The van der Waals surface area contributed by atoms with E-state index in [2.05, 4.69) is 25.3 Å². The van der Waals surface area contributed by atoms with Gasteiger partial charge in [-0.05, 0) is 12.1 Å². The number of nitrogens with one attached hydrogen (secondary N) is 1. The number of H-pyrrole nitrogens is 1. The average molecular weight is 245 g/mol. The molecule has 2 aromatic heterocycles. The van der Waals surface area contributed by atoms with E-state index < -0.39 is 0 Å². The first-order chi connectivity index (χ1) is 8.75. The molecule has 0 aliphatic heterocycles. The number of benzene rings is 1. The number of phenols is 2. The molecule has 8 heteroatoms. The zero-order valence-electron chi connectivity index (χ0n) is 8.90. The minimum atomic E-state index is -0.150. The summed E-state index contributed by atoms with van der Waals surface area (Å²) in [7, 11) is 0. The summed E-state index contributed by atoms with van der Waals surface area (Å²) in [5.41, 5.74) is 0.0794. The van der Waals surface area contributed by atoms with Gasteiger partial charge in [0.1, 0.15) is 23.4 Å². The molecule has 0 fully saturated rings. The molecule has 0 aliphatic rings. The van der Waals surface area contributed by atoms with Gasteiger partial charge < -0.3 is 14.7 Å². The van der Waals surface area contributed by atoms with Gasteiger partial charge in [0.25, 0.3) is 5.89 Å². The van der Waals surface area contributed by atoms with Crippen LogP contribution in [0.2, 0.25) is 0 Å². The Morgan fingerprint density at radius 2 is 1.94 bits per heavy atom. The highest BCUT2D eigenvalue weighted by Gasteiger charge is 2.18. The molecular formula is C10H7N5O3. The number of rotatable bonds is 2. The smallest absolute Gasteiger partial charge is 0.265 e. The van der Waals surface area contributed by atoms with Gasteiger partial charge in [-0.1, -0.05) is 11.2 Å². The lowest BCUT2D eigenvalue weighted by Gasteiger charge is -2.00. The van der Waals surface area contributed by atoms with Crippen LogP contribution in [0.25, 0.3) is 23.1 Å². The number of aromatic hydroxyl groups is 2. The first-order valence-electron chi connectivity index (χ1n) is 4.96. The van der Waals surface area contributed by atoms with Crippen LogP contribution in [0.5, 0.6) is 11.5 Å². The van der Waals surface area contributed by atoms with Gasteiger partial charge in [-0.15, -0.1) is 0 Å². The summed E-state index contributed by atoms with van der Waals surface area (Å²) < 4.78 is 4.97. The SMILES string of the molecule is Oc1cccc(O)c1-c1nc(-c2ncn[nH]2)no1. The molecule has 0 aliphatic carbocycles. The molecule has 0 atom stereocenters. The normalized spacial score (nSPS) is 10.7. The van der Waals surface area contributed by atoms with Crippen LogP contribution in [-0.2, 0) is 0 Å². The van der Waals surface area contributed by atoms with Crippen molar-refractivity contribution in [3.05, 3.63) is 24.5 Å². The average Bonchev–Trinajstić information content (AvgIpc) is 2.99. The second-order valence-electron chi connectivity index (χ2n) is 3.43. The third-order valence-electron chi connectivity index (χ3n) is 2.29. The maximum Gasteiger partial charge on any atom is 0.265 e. The second kappa shape index (κ2) is 3.84. The van der Waals surface area contributed by atoms with Gasteiger partial charge in [-0.3, -0.25) is 5.10 Å². The molecule has 0 amide bonds. The van der Waals surface area contributed by atoms with Gasteiger partial charge in [-0.25, -0.2) is 4.98 Å². The van der Waals surface area contributed by atoms with E-state index in [1.54, 1.807) is 0 Å². The van der Waals surface area contributed by atoms with Crippen molar-refractivity contribution in [1.29, 1.82) is 0 Å². The van der Waals surface area contributed by atoms with E-state index in [1.807, 2.05) is 0 Å². The summed E-state index contributed by atoms with van der Waals surface area (Å²) in [4.78, 5) is 7.87. The van der Waals surface area contributed by atoms with Crippen LogP contribution in [0.3, 0.4) is 0 Å². The number of aromatic amines is 1. The Labute approximate surface area is 99.9 Å². The van der Waals surface area contributed by atoms with E-state index in [0.29, 0.717) is 5.82 Å². The lowest BCUT2D eigenvalue weighted by atomic mass is 10.2. The van der Waals surface area contributed by atoms with Crippen LogP contribution in [0.15, 0.2) is 29.0 Å². The van der Waals surface area contributed by atoms with Crippen molar-refractivity contribution in [2.24, 2.45) is 0 Å². The molecular weight excluding hydrogens is 238 g/mol. The van der Waals surface area contributed by atoms with Crippen LogP contribution in [0.4, 0.5) is 0 Å². The maximum absolute atomic E-state index is 9.66. The zero-order valence-corrected chi connectivity index (χ0v) is 8.90. The summed E-state index contributed by atoms with van der Waals surface area (Å²) in [6.07, 6.45) is 1.31. The van der Waals surface area contributed by atoms with Crippen molar-refractivity contribution >= 4 is 0 Å². The second-order valence-corrected chi connectivity index (χ2v) is 3.43. The largest absolute Gasteiger partial charge is 0.507 e. The van der Waals surface area contributed by atoms with Gasteiger partial charge >= 0.3 is 0 Å². The van der Waals surface area contributed by atoms with Crippen molar-refractivity contribution in [2.75, 3.05) is 0 Å². The van der Waals surface area contributed by atoms with Crippen LogP contribution in [0, 0.1) is 0 Å². The van der Waals surface area contributed by atoms with Crippen molar-refractivity contribution in [3.8, 4) is 34.6 Å². The zero-order chi connectivity index (χ0) is 12.5. The number of hydrogen-bond acceptors (Lipinski definition) is 7. The van der Waals surface area contributed by atoms with Gasteiger partial charge in [0.2, 0.25) is 5.82 Å². The van der Waals surface area contributed by atoms with Crippen molar-refractivity contribution in [1.82, 2.24) is 25.3 Å². The van der Waals surface area contributed by atoms with Crippen molar-refractivity contribution in [3.63, 3.8) is 0 Å². The van der Waals surface area contributed by atoms with Gasteiger partial charge in [0.15, 0.2) is 5.82 Å². The van der Waals surface area contributed by atoms with Crippen molar-refractivity contribution < 1.29 is 14.7 Å². The van der Waals surface area contributed by atoms with Gasteiger partial charge in [-0.2, -0.15) is 10.1 Å². The monoisotopic (exact) mass is 245 g/mol. The predicted octanol–water partition coefficient (Wildman–Crippen LogP) is 0.933. The molecule has 90 valence electrons. The maximum atomic E-state index is 9.66. The molecule has 18 heavy (non-hydrogen) atoms. The van der Waals surface area contributed by atoms with E-state index in [1.165, 1.54) is 24.5 Å². The summed E-state index contributed by atoms with van der Waals surface area (Å²) in [5.74, 6) is 0.215. The molecule has 2 heterocycles. The quantitative estimate of drug-likeness (QED) is 0.614. The molecule has 8 nitrogen and oxygen atoms in total. The Morgan fingerprint density at radius 1 is 1.17 bits per heavy atom. The summed E-state index contributed by atoms with van der Waals surface area (Å²) in [6.45, 7) is 0. The molecule has 0 saturated heterocycles. The number of hydrogen-bond donors (Lipinski definition) is 3. The summed E-state index contributed by atoms with van der Waals surface area (Å²) >= 11 is 0. The Hall–Kier alpha value is -2.90. The fraction of sp³-hybridized carbons (Fsp3) is 0. The summed E-state index contributed by atoms with van der Waals surface area (Å²) in [6, 6.07) is 4.32. The lowest BCUT2D eigenvalue weighted by Crippen LogP contribution is -1.84. The third kappa shape index (κ3) is 1.56. The van der Waals surface area contributed by atoms with Crippen LogP contribution >= 0.6 is 0 Å². The Bertz CT molecular complexity index is 656. The highest BCUT2D eigenvalue weighted by Crippen LogP contribution is 2.36. The first-order valence-corrected chi connectivity index (χ1v) is 4.96. The molecule has 3 N–H and O–H groups in total. The van der Waals surface area contributed by atoms with Gasteiger partial charge in [0.05, 0.1) is 0 Å². The molecule has 1 aromatic carbocycles.